The lowest BCUT2D eigenvalue weighted by molar-refractivity contribution is 1.31. The van der Waals surface area contributed by atoms with E-state index in [0.717, 1.165) is 0 Å². The van der Waals surface area contributed by atoms with Crippen molar-refractivity contribution >= 4 is 103 Å². The first kappa shape index (κ1) is 29.8. The fourth-order valence-corrected chi connectivity index (χ4v) is 10.5. The number of thiophene rings is 2. The minimum Gasteiger partial charge on any atom is -0.311 e. The van der Waals surface area contributed by atoms with E-state index >= 15 is 0 Å². The number of hydrogen-bond acceptors (Lipinski definition) is 3. The lowest BCUT2D eigenvalue weighted by atomic mass is 9.35. The highest BCUT2D eigenvalue weighted by Gasteiger charge is 2.36. The average molecular weight is 696 g/mol. The summed E-state index contributed by atoms with van der Waals surface area (Å²) >= 11 is 3.80. The molecule has 0 bridgehead atoms. The quantitative estimate of drug-likeness (QED) is 0.166. The lowest BCUT2D eigenvalue weighted by Gasteiger charge is -2.37. The van der Waals surface area contributed by atoms with E-state index in [-0.39, 0.29) is 6.71 Å². The van der Waals surface area contributed by atoms with Crippen LogP contribution in [0, 0.1) is 0 Å². The monoisotopic (exact) mass is 695 g/mol. The van der Waals surface area contributed by atoms with E-state index in [1.165, 1.54) is 96.0 Å². The highest BCUT2D eigenvalue weighted by molar-refractivity contribution is 7.26. The van der Waals surface area contributed by atoms with E-state index in [0.29, 0.717) is 0 Å². The zero-order valence-electron chi connectivity index (χ0n) is 28.2. The highest BCUT2D eigenvalue weighted by atomic mass is 32.1. The Morgan fingerprint density at radius 2 is 0.769 bits per heavy atom. The second-order valence-corrected chi connectivity index (χ2v) is 15.9. The van der Waals surface area contributed by atoms with Gasteiger partial charge in [-0.1, -0.05) is 127 Å². The van der Waals surface area contributed by atoms with Crippen LogP contribution in [-0.4, -0.2) is 6.71 Å². The number of benzene rings is 8. The van der Waals surface area contributed by atoms with Crippen LogP contribution in [-0.2, 0) is 0 Å². The summed E-state index contributed by atoms with van der Waals surface area (Å²) in [5.74, 6) is 0. The Kier molecular flexibility index (Phi) is 6.76. The Morgan fingerprint density at radius 3 is 1.25 bits per heavy atom. The van der Waals surface area contributed by atoms with Gasteiger partial charge in [-0.05, 0) is 93.8 Å². The van der Waals surface area contributed by atoms with Gasteiger partial charge in [0.15, 0.2) is 0 Å². The second kappa shape index (κ2) is 11.8. The average Bonchev–Trinajstić information content (AvgIpc) is 3.76. The Labute approximate surface area is 310 Å². The molecule has 0 amide bonds. The Bertz CT molecular complexity index is 2790. The smallest absolute Gasteiger partial charge is 0.246 e. The molecule has 0 radical (unpaired) electrons. The molecule has 0 fully saturated rings. The maximum Gasteiger partial charge on any atom is 0.246 e. The molecule has 0 unspecified atom stereocenters. The summed E-state index contributed by atoms with van der Waals surface area (Å²) < 4.78 is 5.29. The summed E-state index contributed by atoms with van der Waals surface area (Å²) in [5, 5.41) is 5.24. The number of nitrogens with zero attached hydrogens (tertiary/aromatic N) is 1. The molecule has 1 aliphatic heterocycles. The van der Waals surface area contributed by atoms with Crippen molar-refractivity contribution in [1.29, 1.82) is 0 Å². The first-order chi connectivity index (χ1) is 25.8. The van der Waals surface area contributed by atoms with Crippen molar-refractivity contribution in [3.8, 4) is 22.3 Å². The van der Waals surface area contributed by atoms with Gasteiger partial charge in [0.25, 0.3) is 0 Å². The molecule has 8 aromatic carbocycles. The summed E-state index contributed by atoms with van der Waals surface area (Å²) in [7, 11) is 0. The third kappa shape index (κ3) is 4.69. The van der Waals surface area contributed by atoms with Gasteiger partial charge >= 0.3 is 0 Å². The molecule has 242 valence electrons. The molecule has 4 heteroatoms. The zero-order chi connectivity index (χ0) is 34.2. The van der Waals surface area contributed by atoms with Crippen molar-refractivity contribution in [3.63, 3.8) is 0 Å². The van der Waals surface area contributed by atoms with Crippen molar-refractivity contribution in [1.82, 2.24) is 0 Å². The summed E-state index contributed by atoms with van der Waals surface area (Å²) in [5.41, 5.74) is 12.6. The van der Waals surface area contributed by atoms with Crippen molar-refractivity contribution in [3.05, 3.63) is 182 Å². The molecule has 0 spiro atoms. The molecule has 52 heavy (non-hydrogen) atoms. The fourth-order valence-electron chi connectivity index (χ4n) is 8.28. The van der Waals surface area contributed by atoms with Crippen molar-refractivity contribution < 1.29 is 0 Å². The standard InChI is InChI=1S/C48H30BNS2/c1-5-13-31(14-6-1)33-21-23-45-37(25-33)39-27-43-41(29-47(39)51-45)49(35-17-9-3-10-18-35)42-30-48-40(28-44(42)50(43)36-19-11-4-12-20-36)38-26-34(22-24-46(38)52-48)32-15-7-2-8-16-32/h1-30H. The molecular weight excluding hydrogens is 665 g/mol. The van der Waals surface area contributed by atoms with Crippen LogP contribution >= 0.6 is 22.7 Å². The molecule has 1 nitrogen and oxygen atoms in total. The molecule has 3 heterocycles. The first-order valence-electron chi connectivity index (χ1n) is 17.8. The van der Waals surface area contributed by atoms with Crippen LogP contribution in [0.5, 0.6) is 0 Å². The van der Waals surface area contributed by atoms with Gasteiger partial charge in [-0.2, -0.15) is 0 Å². The van der Waals surface area contributed by atoms with Gasteiger partial charge in [0.2, 0.25) is 6.71 Å². The minimum atomic E-state index is 0.0927. The predicted octanol–water partition coefficient (Wildman–Crippen LogP) is 12.1. The SMILES string of the molecule is c1ccc(B2c3cc4sc5ccc(-c6ccccc6)cc5c4cc3N(c3ccccc3)c3cc4c(cc32)sc2ccc(-c3ccccc3)cc24)cc1. The van der Waals surface area contributed by atoms with Gasteiger partial charge in [-0.25, -0.2) is 0 Å². The van der Waals surface area contributed by atoms with Crippen LogP contribution < -0.4 is 21.3 Å². The van der Waals surface area contributed by atoms with Crippen LogP contribution in [0.25, 0.3) is 62.6 Å². The number of hydrogen-bond donors (Lipinski definition) is 0. The lowest BCUT2D eigenvalue weighted by Crippen LogP contribution is -2.57. The topological polar surface area (TPSA) is 3.24 Å². The van der Waals surface area contributed by atoms with Crippen molar-refractivity contribution in [2.24, 2.45) is 0 Å². The molecule has 0 atom stereocenters. The summed E-state index contributed by atoms with van der Waals surface area (Å²) in [4.78, 5) is 2.53. The molecule has 1 aliphatic rings. The van der Waals surface area contributed by atoms with Gasteiger partial charge in [0, 0.05) is 57.4 Å². The first-order valence-corrected chi connectivity index (χ1v) is 19.4. The molecule has 0 saturated heterocycles. The summed E-state index contributed by atoms with van der Waals surface area (Å²) in [6.45, 7) is 0.0927. The van der Waals surface area contributed by atoms with Gasteiger partial charge in [-0.3, -0.25) is 0 Å². The summed E-state index contributed by atoms with van der Waals surface area (Å²) in [6, 6.07) is 67.4. The highest BCUT2D eigenvalue weighted by Crippen LogP contribution is 2.45. The Balaban J connectivity index is 1.20. The molecule has 0 aliphatic carbocycles. The van der Waals surface area contributed by atoms with Crippen molar-refractivity contribution in [2.45, 2.75) is 0 Å². The molecule has 11 rings (SSSR count). The molecule has 0 N–H and O–H groups in total. The van der Waals surface area contributed by atoms with Crippen LogP contribution in [0.3, 0.4) is 0 Å². The van der Waals surface area contributed by atoms with E-state index < -0.39 is 0 Å². The molecule has 10 aromatic rings. The molecule has 2 aromatic heterocycles. The number of anilines is 3. The maximum absolute atomic E-state index is 2.53. The normalized spacial score (nSPS) is 12.5. The van der Waals surface area contributed by atoms with Crippen LogP contribution in [0.2, 0.25) is 0 Å². The molecular formula is C48H30BNS2. The number of fused-ring (bicyclic) bond motifs is 8. The minimum absolute atomic E-state index is 0.0927. The van der Waals surface area contributed by atoms with Crippen molar-refractivity contribution in [2.75, 3.05) is 4.90 Å². The van der Waals surface area contributed by atoms with Gasteiger partial charge in [-0.15, -0.1) is 22.7 Å². The second-order valence-electron chi connectivity index (χ2n) is 13.7. The largest absolute Gasteiger partial charge is 0.311 e. The van der Waals surface area contributed by atoms with Gasteiger partial charge in [0.05, 0.1) is 0 Å². The number of rotatable bonds is 4. The van der Waals surface area contributed by atoms with E-state index in [4.69, 9.17) is 0 Å². The van der Waals surface area contributed by atoms with Crippen LogP contribution in [0.1, 0.15) is 0 Å². The van der Waals surface area contributed by atoms with Gasteiger partial charge < -0.3 is 4.90 Å². The van der Waals surface area contributed by atoms with E-state index in [9.17, 15) is 0 Å². The zero-order valence-corrected chi connectivity index (χ0v) is 29.8. The van der Waals surface area contributed by atoms with E-state index in [2.05, 4.69) is 187 Å². The number of para-hydroxylation sites is 1. The summed E-state index contributed by atoms with van der Waals surface area (Å²) in [6.07, 6.45) is 0. The van der Waals surface area contributed by atoms with E-state index in [1.807, 2.05) is 22.7 Å². The van der Waals surface area contributed by atoms with Gasteiger partial charge in [0.1, 0.15) is 0 Å². The van der Waals surface area contributed by atoms with Crippen LogP contribution in [0.4, 0.5) is 17.1 Å². The predicted molar refractivity (Wildman–Crippen MR) is 229 cm³/mol. The Hall–Kier alpha value is -5.94. The van der Waals surface area contributed by atoms with Crippen LogP contribution in [0.15, 0.2) is 182 Å². The molecule has 0 saturated carbocycles. The third-order valence-corrected chi connectivity index (χ3v) is 13.0. The fraction of sp³-hybridized carbons (Fsp3) is 0. The Morgan fingerprint density at radius 1 is 0.346 bits per heavy atom. The third-order valence-electron chi connectivity index (χ3n) is 10.7. The maximum atomic E-state index is 2.53. The van der Waals surface area contributed by atoms with E-state index in [1.54, 1.807) is 0 Å².